The van der Waals surface area contributed by atoms with Gasteiger partial charge in [0.1, 0.15) is 0 Å². The molecule has 0 radical (unpaired) electrons. The first-order valence-corrected chi connectivity index (χ1v) is 6.07. The molecule has 0 bridgehead atoms. The van der Waals surface area contributed by atoms with Gasteiger partial charge in [0.05, 0.1) is 0 Å². The second-order valence-corrected chi connectivity index (χ2v) is 5.16. The van der Waals surface area contributed by atoms with Gasteiger partial charge in [-0.3, -0.25) is 0 Å². The molecule has 0 aliphatic carbocycles. The smallest absolute Gasteiger partial charge is 0.410 e. The Balaban J connectivity index is 6.80. The Kier molecular flexibility index (Phi) is 6.25. The molecule has 1 N–H and O–H groups in total. The number of rotatable bonds is 9. The number of hydrogen-bond acceptors (Lipinski definition) is 1. The molecular formula is C10H3F17O2. The number of hydrogen-bond donors (Lipinski definition) is 1. The SMILES string of the molecule is O=C(O)C(F)(F)C(F)(F)C(F)(F)C(F)(F)C(F)(F)C(F)(F)C(F)(F)C(F)(F)CF. The second kappa shape index (κ2) is 6.64. The summed E-state index contributed by atoms with van der Waals surface area (Å²) in [7, 11) is 0. The van der Waals surface area contributed by atoms with Crippen molar-refractivity contribution in [3.63, 3.8) is 0 Å². The normalized spacial score (nSPS) is 16.2. The standard InChI is InChI=1S/C10H3F17O2/c11-1-3(12,13)5(16,17)7(20,21)9(24,25)10(26,27)8(22,23)6(18,19)4(14,15)2(28)29/h1H2,(H,28,29). The van der Waals surface area contributed by atoms with E-state index in [1.54, 1.807) is 0 Å². The van der Waals surface area contributed by atoms with E-state index < -0.39 is 60.0 Å². The Morgan fingerprint density at radius 3 is 1.00 bits per heavy atom. The fraction of sp³-hybridized carbons (Fsp3) is 0.900. The Morgan fingerprint density at radius 2 is 0.759 bits per heavy atom. The van der Waals surface area contributed by atoms with Gasteiger partial charge in [-0.1, -0.05) is 0 Å². The van der Waals surface area contributed by atoms with Crippen LogP contribution in [-0.2, 0) is 4.79 Å². The van der Waals surface area contributed by atoms with E-state index in [1.807, 2.05) is 0 Å². The average Bonchev–Trinajstić information content (AvgIpc) is 2.53. The van der Waals surface area contributed by atoms with Crippen molar-refractivity contribution in [1.29, 1.82) is 0 Å². The molecule has 0 fully saturated rings. The lowest BCUT2D eigenvalue weighted by Gasteiger charge is -2.42. The molecule has 0 aromatic heterocycles. The molecule has 0 aromatic carbocycles. The van der Waals surface area contributed by atoms with Gasteiger partial charge in [0.25, 0.3) is 0 Å². The number of carboxylic acid groups (broad SMARTS) is 1. The zero-order valence-corrected chi connectivity index (χ0v) is 12.5. The van der Waals surface area contributed by atoms with E-state index in [9.17, 15) is 79.4 Å². The summed E-state index contributed by atoms with van der Waals surface area (Å²) in [6, 6.07) is 0. The predicted octanol–water partition coefficient (Wildman–Crippen LogP) is 5.12. The number of carboxylic acids is 1. The minimum Gasteiger partial charge on any atom is -0.477 e. The third-order valence-electron chi connectivity index (χ3n) is 3.26. The minimum absolute atomic E-state index is 3.97. The summed E-state index contributed by atoms with van der Waals surface area (Å²) < 4.78 is 218. The van der Waals surface area contributed by atoms with E-state index in [2.05, 4.69) is 0 Å². The van der Waals surface area contributed by atoms with Crippen molar-refractivity contribution < 1.29 is 84.5 Å². The van der Waals surface area contributed by atoms with Crippen molar-refractivity contribution in [2.75, 3.05) is 6.67 Å². The first kappa shape index (κ1) is 27.3. The van der Waals surface area contributed by atoms with Gasteiger partial charge in [0, 0.05) is 0 Å². The van der Waals surface area contributed by atoms with Crippen molar-refractivity contribution in [1.82, 2.24) is 0 Å². The highest BCUT2D eigenvalue weighted by Gasteiger charge is 2.95. The monoisotopic (exact) mass is 478 g/mol. The minimum atomic E-state index is -8.72. The van der Waals surface area contributed by atoms with Crippen molar-refractivity contribution in [3.8, 4) is 0 Å². The maximum absolute atomic E-state index is 13.1. The molecule has 0 unspecified atom stereocenters. The summed E-state index contributed by atoms with van der Waals surface area (Å²) in [4.78, 5) is 9.81. The molecule has 0 aliphatic rings. The zero-order chi connectivity index (χ0) is 24.3. The van der Waals surface area contributed by atoms with Crippen LogP contribution < -0.4 is 0 Å². The molecule has 0 rings (SSSR count). The van der Waals surface area contributed by atoms with E-state index >= 15 is 0 Å². The van der Waals surface area contributed by atoms with Crippen LogP contribution in [0.3, 0.4) is 0 Å². The van der Waals surface area contributed by atoms with Crippen LogP contribution in [0.1, 0.15) is 0 Å². The molecule has 0 amide bonds. The lowest BCUT2D eigenvalue weighted by atomic mass is 9.88. The van der Waals surface area contributed by atoms with Gasteiger partial charge in [-0.25, -0.2) is 9.18 Å². The van der Waals surface area contributed by atoms with Gasteiger partial charge < -0.3 is 5.11 Å². The van der Waals surface area contributed by atoms with E-state index in [1.165, 1.54) is 0 Å². The Hall–Kier alpha value is -1.72. The highest BCUT2D eigenvalue weighted by atomic mass is 19.4. The third-order valence-corrected chi connectivity index (χ3v) is 3.26. The Morgan fingerprint density at radius 1 is 0.517 bits per heavy atom. The average molecular weight is 478 g/mol. The highest BCUT2D eigenvalue weighted by molar-refractivity contribution is 5.77. The summed E-state index contributed by atoms with van der Waals surface area (Å²) in [6.07, 6.45) is 0. The van der Waals surface area contributed by atoms with Crippen LogP contribution in [0.25, 0.3) is 0 Å². The molecule has 0 heterocycles. The molecule has 0 aliphatic heterocycles. The van der Waals surface area contributed by atoms with Gasteiger partial charge in [0.2, 0.25) is 0 Å². The molecule has 29 heavy (non-hydrogen) atoms. The van der Waals surface area contributed by atoms with Crippen LogP contribution in [0.2, 0.25) is 0 Å². The van der Waals surface area contributed by atoms with Crippen molar-refractivity contribution in [2.24, 2.45) is 0 Å². The lowest BCUT2D eigenvalue weighted by molar-refractivity contribution is -0.451. The lowest BCUT2D eigenvalue weighted by Crippen LogP contribution is -2.75. The van der Waals surface area contributed by atoms with Gasteiger partial charge in [-0.05, 0) is 0 Å². The summed E-state index contributed by atoms with van der Waals surface area (Å²) in [6.45, 7) is -3.97. The van der Waals surface area contributed by atoms with Gasteiger partial charge >= 0.3 is 53.3 Å². The van der Waals surface area contributed by atoms with Crippen LogP contribution in [-0.4, -0.2) is 65.1 Å². The van der Waals surface area contributed by atoms with Crippen LogP contribution >= 0.6 is 0 Å². The molecule has 0 aromatic rings. The Labute approximate surface area is 146 Å². The fourth-order valence-corrected chi connectivity index (χ4v) is 1.43. The molecule has 2 nitrogen and oxygen atoms in total. The topological polar surface area (TPSA) is 37.3 Å². The molecule has 0 saturated carbocycles. The van der Waals surface area contributed by atoms with Crippen LogP contribution in [0.15, 0.2) is 0 Å². The zero-order valence-electron chi connectivity index (χ0n) is 12.5. The molecule has 19 heteroatoms. The number of aliphatic carboxylic acids is 1. The van der Waals surface area contributed by atoms with E-state index in [0.717, 1.165) is 0 Å². The van der Waals surface area contributed by atoms with Crippen molar-refractivity contribution >= 4 is 5.97 Å². The van der Waals surface area contributed by atoms with E-state index in [4.69, 9.17) is 5.11 Å². The molecule has 174 valence electrons. The van der Waals surface area contributed by atoms with Crippen molar-refractivity contribution in [3.05, 3.63) is 0 Å². The van der Waals surface area contributed by atoms with Gasteiger partial charge in [-0.2, -0.15) is 70.2 Å². The number of alkyl halides is 17. The van der Waals surface area contributed by atoms with E-state index in [0.29, 0.717) is 0 Å². The molecule has 0 spiro atoms. The summed E-state index contributed by atoms with van der Waals surface area (Å²) in [5, 5.41) is 7.63. The summed E-state index contributed by atoms with van der Waals surface area (Å²) >= 11 is 0. The summed E-state index contributed by atoms with van der Waals surface area (Å²) in [5.41, 5.74) is 0. The number of carbonyl (C=O) groups is 1. The molecule has 0 saturated heterocycles. The maximum atomic E-state index is 13.1. The largest absolute Gasteiger partial charge is 0.477 e. The first-order chi connectivity index (χ1) is 12.3. The second-order valence-electron chi connectivity index (χ2n) is 5.16. The molecule has 0 atom stereocenters. The fourth-order valence-electron chi connectivity index (χ4n) is 1.43. The van der Waals surface area contributed by atoms with Crippen LogP contribution in [0, 0.1) is 0 Å². The van der Waals surface area contributed by atoms with Crippen molar-refractivity contribution in [2.45, 2.75) is 47.4 Å². The maximum Gasteiger partial charge on any atom is 0.410 e. The quantitative estimate of drug-likeness (QED) is 0.468. The first-order valence-electron chi connectivity index (χ1n) is 6.07. The van der Waals surface area contributed by atoms with Crippen LogP contribution in [0.4, 0.5) is 74.6 Å². The van der Waals surface area contributed by atoms with Gasteiger partial charge in [-0.15, -0.1) is 0 Å². The highest BCUT2D eigenvalue weighted by Crippen LogP contribution is 2.63. The molecular weight excluding hydrogens is 475 g/mol. The predicted molar refractivity (Wildman–Crippen MR) is 53.2 cm³/mol. The number of halogens is 17. The van der Waals surface area contributed by atoms with Crippen LogP contribution in [0.5, 0.6) is 0 Å². The van der Waals surface area contributed by atoms with E-state index in [-0.39, 0.29) is 0 Å². The summed E-state index contributed by atoms with van der Waals surface area (Å²) in [5.74, 6) is -69.3. The Bertz CT molecular complexity index is 636. The van der Waals surface area contributed by atoms with Gasteiger partial charge in [0.15, 0.2) is 6.67 Å². The third kappa shape index (κ3) is 3.14.